The summed E-state index contributed by atoms with van der Waals surface area (Å²) in [5, 5.41) is 3.55. The molecule has 1 N–H and O–H groups in total. The number of nitrogens with zero attached hydrogens (tertiary/aromatic N) is 2. The highest BCUT2D eigenvalue weighted by molar-refractivity contribution is 7.25. The third-order valence-corrected chi connectivity index (χ3v) is 6.82. The van der Waals surface area contributed by atoms with Gasteiger partial charge in [0.2, 0.25) is 5.91 Å². The molecule has 0 bridgehead atoms. The van der Waals surface area contributed by atoms with E-state index >= 15 is 0 Å². The second-order valence-electron chi connectivity index (χ2n) is 7.73. The topological polar surface area (TPSA) is 91.6 Å². The van der Waals surface area contributed by atoms with Gasteiger partial charge in [-0.25, -0.2) is 9.36 Å². The number of amides is 1. The second-order valence-corrected chi connectivity index (χ2v) is 8.78. The number of nitrogens with one attached hydrogen (secondary N) is 1. The van der Waals surface area contributed by atoms with E-state index in [0.717, 1.165) is 14.7 Å². The van der Waals surface area contributed by atoms with Crippen LogP contribution in [0.4, 0.5) is 5.69 Å². The van der Waals surface area contributed by atoms with E-state index in [1.165, 1.54) is 30.1 Å². The highest BCUT2D eigenvalue weighted by Crippen LogP contribution is 2.31. The molecule has 0 saturated heterocycles. The molecule has 9 heteroatoms. The van der Waals surface area contributed by atoms with Crippen LogP contribution < -0.4 is 26.0 Å². The first kappa shape index (κ1) is 22.4. The highest BCUT2D eigenvalue weighted by Gasteiger charge is 2.21. The zero-order valence-electron chi connectivity index (χ0n) is 19.0. The Morgan fingerprint density at radius 2 is 1.63 bits per heavy atom. The number of carbonyl (C=O) groups is 1. The smallest absolute Gasteiger partial charge is 0.336 e. The molecule has 176 valence electrons. The minimum atomic E-state index is -0.605. The van der Waals surface area contributed by atoms with Crippen LogP contribution in [-0.4, -0.2) is 29.3 Å². The van der Waals surface area contributed by atoms with Crippen LogP contribution >= 0.6 is 11.3 Å². The van der Waals surface area contributed by atoms with Crippen molar-refractivity contribution in [3.63, 3.8) is 0 Å². The normalized spacial score (nSPS) is 11.0. The molecule has 5 aromatic rings. The van der Waals surface area contributed by atoms with Crippen LogP contribution in [0.25, 0.3) is 26.0 Å². The van der Waals surface area contributed by atoms with Gasteiger partial charge >= 0.3 is 5.69 Å². The van der Waals surface area contributed by atoms with Crippen molar-refractivity contribution >= 4 is 43.2 Å². The number of ether oxygens (including phenoxy) is 2. The van der Waals surface area contributed by atoms with Crippen molar-refractivity contribution < 1.29 is 14.3 Å². The molecule has 0 atom stereocenters. The third kappa shape index (κ3) is 3.95. The summed E-state index contributed by atoms with van der Waals surface area (Å²) in [6, 6.07) is 21.1. The van der Waals surface area contributed by atoms with Gasteiger partial charge in [0.25, 0.3) is 5.56 Å². The second kappa shape index (κ2) is 9.11. The van der Waals surface area contributed by atoms with Crippen molar-refractivity contribution in [1.82, 2.24) is 9.13 Å². The molecule has 0 aliphatic carbocycles. The van der Waals surface area contributed by atoms with E-state index in [2.05, 4.69) is 5.32 Å². The fraction of sp³-hybridized carbons (Fsp3) is 0.115. The summed E-state index contributed by atoms with van der Waals surface area (Å²) in [6.07, 6.45) is 0. The Bertz CT molecular complexity index is 1680. The zero-order valence-corrected chi connectivity index (χ0v) is 19.8. The average molecular weight is 488 g/mol. The SMILES string of the molecule is COc1ccc(-n2c(=O)c3sc4ccccc4c3n(CC(=O)Nc3ccccc3OC)c2=O)cc1. The maximum atomic E-state index is 13.7. The molecule has 0 radical (unpaired) electrons. The molecule has 0 aliphatic heterocycles. The van der Waals surface area contributed by atoms with Crippen molar-refractivity contribution in [2.24, 2.45) is 0 Å². The molecule has 2 aromatic heterocycles. The number of fused-ring (bicyclic) bond motifs is 3. The fourth-order valence-corrected chi connectivity index (χ4v) is 5.17. The van der Waals surface area contributed by atoms with Gasteiger partial charge in [-0.05, 0) is 42.5 Å². The number of carbonyl (C=O) groups excluding carboxylic acids is 1. The Kier molecular flexibility index (Phi) is 5.84. The van der Waals surface area contributed by atoms with E-state index in [-0.39, 0.29) is 6.54 Å². The summed E-state index contributed by atoms with van der Waals surface area (Å²) in [5.41, 5.74) is 0.284. The van der Waals surface area contributed by atoms with Crippen LogP contribution in [-0.2, 0) is 11.3 Å². The van der Waals surface area contributed by atoms with E-state index in [1.54, 1.807) is 48.5 Å². The molecule has 1 amide bonds. The standard InChI is InChI=1S/C26H21N3O5S/c1-33-17-13-11-16(12-14-17)29-25(31)24-23(18-7-3-6-10-21(18)35-24)28(26(29)32)15-22(30)27-19-8-4-5-9-20(19)34-2/h3-14H,15H2,1-2H3,(H,27,30). The summed E-state index contributed by atoms with van der Waals surface area (Å²) in [7, 11) is 3.05. The summed E-state index contributed by atoms with van der Waals surface area (Å²) in [6.45, 7) is -0.287. The number of rotatable bonds is 6. The van der Waals surface area contributed by atoms with Crippen LogP contribution in [0, 0.1) is 0 Å². The van der Waals surface area contributed by atoms with Crippen LogP contribution in [0.2, 0.25) is 0 Å². The van der Waals surface area contributed by atoms with Crippen LogP contribution in [0.3, 0.4) is 0 Å². The predicted octanol–water partition coefficient (Wildman–Crippen LogP) is 4.02. The van der Waals surface area contributed by atoms with Gasteiger partial charge in [-0.15, -0.1) is 11.3 Å². The number of para-hydroxylation sites is 2. The number of benzene rings is 3. The molecule has 0 unspecified atom stereocenters. The van der Waals surface area contributed by atoms with Crippen molar-refractivity contribution in [3.8, 4) is 17.2 Å². The molecule has 5 rings (SSSR count). The number of hydrogen-bond donors (Lipinski definition) is 1. The van der Waals surface area contributed by atoms with Crippen LogP contribution in [0.1, 0.15) is 0 Å². The van der Waals surface area contributed by atoms with Gasteiger partial charge in [0.1, 0.15) is 22.7 Å². The van der Waals surface area contributed by atoms with Crippen LogP contribution in [0.5, 0.6) is 11.5 Å². The average Bonchev–Trinajstić information content (AvgIpc) is 3.27. The van der Waals surface area contributed by atoms with Gasteiger partial charge in [-0.3, -0.25) is 14.2 Å². The lowest BCUT2D eigenvalue weighted by Crippen LogP contribution is -2.40. The number of hydrogen-bond acceptors (Lipinski definition) is 6. The van der Waals surface area contributed by atoms with E-state index in [9.17, 15) is 14.4 Å². The Morgan fingerprint density at radius 1 is 0.914 bits per heavy atom. The molecule has 0 aliphatic rings. The molecular formula is C26H21N3O5S. The van der Waals surface area contributed by atoms with Crippen molar-refractivity contribution in [2.75, 3.05) is 19.5 Å². The molecular weight excluding hydrogens is 466 g/mol. The quantitative estimate of drug-likeness (QED) is 0.391. The van der Waals surface area contributed by atoms with Gasteiger partial charge in [0.05, 0.1) is 31.1 Å². The summed E-state index contributed by atoms with van der Waals surface area (Å²) in [5.74, 6) is 0.678. The highest BCUT2D eigenvalue weighted by atomic mass is 32.1. The third-order valence-electron chi connectivity index (χ3n) is 5.67. The predicted molar refractivity (Wildman–Crippen MR) is 137 cm³/mol. The maximum Gasteiger partial charge on any atom is 0.336 e. The number of aromatic nitrogens is 2. The molecule has 0 spiro atoms. The molecule has 2 heterocycles. The minimum absolute atomic E-state index is 0.287. The number of thiophene rings is 1. The van der Waals surface area contributed by atoms with Crippen LogP contribution in [0.15, 0.2) is 82.4 Å². The molecule has 35 heavy (non-hydrogen) atoms. The molecule has 0 fully saturated rings. The maximum absolute atomic E-state index is 13.7. The van der Waals surface area contributed by atoms with Gasteiger partial charge in [0.15, 0.2) is 0 Å². The molecule has 0 saturated carbocycles. The first-order valence-corrected chi connectivity index (χ1v) is 11.6. The lowest BCUT2D eigenvalue weighted by atomic mass is 10.2. The lowest BCUT2D eigenvalue weighted by molar-refractivity contribution is -0.116. The monoisotopic (exact) mass is 487 g/mol. The zero-order chi connectivity index (χ0) is 24.5. The van der Waals surface area contributed by atoms with Gasteiger partial charge < -0.3 is 14.8 Å². The summed E-state index contributed by atoms with van der Waals surface area (Å²) >= 11 is 1.30. The van der Waals surface area contributed by atoms with E-state index in [1.807, 2.05) is 24.3 Å². The van der Waals surface area contributed by atoms with Gasteiger partial charge in [0, 0.05) is 10.1 Å². The summed E-state index contributed by atoms with van der Waals surface area (Å²) in [4.78, 5) is 40.3. The number of methoxy groups -OCH3 is 2. The van der Waals surface area contributed by atoms with E-state index in [4.69, 9.17) is 9.47 Å². The van der Waals surface area contributed by atoms with Crippen molar-refractivity contribution in [1.29, 1.82) is 0 Å². The lowest BCUT2D eigenvalue weighted by Gasteiger charge is -2.14. The first-order chi connectivity index (χ1) is 17.0. The molecule has 3 aromatic carbocycles. The Labute approximate surface area is 203 Å². The largest absolute Gasteiger partial charge is 0.497 e. The Morgan fingerprint density at radius 3 is 2.37 bits per heavy atom. The first-order valence-electron chi connectivity index (χ1n) is 10.8. The van der Waals surface area contributed by atoms with E-state index < -0.39 is 17.2 Å². The fourth-order valence-electron chi connectivity index (χ4n) is 4.04. The molecule has 8 nitrogen and oxygen atoms in total. The number of anilines is 1. The van der Waals surface area contributed by atoms with Crippen molar-refractivity contribution in [3.05, 3.63) is 93.6 Å². The summed E-state index contributed by atoms with van der Waals surface area (Å²) < 4.78 is 14.2. The van der Waals surface area contributed by atoms with Gasteiger partial charge in [-0.1, -0.05) is 30.3 Å². The van der Waals surface area contributed by atoms with Crippen molar-refractivity contribution in [2.45, 2.75) is 6.54 Å². The van der Waals surface area contributed by atoms with Gasteiger partial charge in [-0.2, -0.15) is 0 Å². The minimum Gasteiger partial charge on any atom is -0.497 e. The Hall–Kier alpha value is -4.37. The van der Waals surface area contributed by atoms with E-state index in [0.29, 0.717) is 33.1 Å². The Balaban J connectivity index is 1.69.